The number of nitrogens with one attached hydrogen (secondary N) is 1. The maximum Gasteiger partial charge on any atom is 0.240 e. The Balaban J connectivity index is 1.73. The van der Waals surface area contributed by atoms with E-state index in [-0.39, 0.29) is 10.8 Å². The largest absolute Gasteiger partial charge is 0.340 e. The normalized spacial score (nSPS) is 16.5. The van der Waals surface area contributed by atoms with E-state index >= 15 is 0 Å². The molecule has 0 unspecified atom stereocenters. The molecule has 2 rings (SSSR count). The third-order valence-electron chi connectivity index (χ3n) is 3.96. The van der Waals surface area contributed by atoms with Gasteiger partial charge in [0.1, 0.15) is 0 Å². The number of sulfonamides is 1. The van der Waals surface area contributed by atoms with Crippen molar-refractivity contribution in [1.82, 2.24) is 14.5 Å². The number of hydrogen-bond acceptors (Lipinski definition) is 4. The fraction of sp³-hybridized carbons (Fsp3) is 0.562. The Morgan fingerprint density at radius 2 is 1.78 bits per heavy atom. The molecular formula is C16H25N3O3S. The molecule has 6 nitrogen and oxygen atoms in total. The van der Waals surface area contributed by atoms with Crippen molar-refractivity contribution >= 4 is 15.9 Å². The Bertz CT molecular complexity index is 596. The summed E-state index contributed by atoms with van der Waals surface area (Å²) in [5, 5.41) is 0. The molecule has 1 aromatic rings. The van der Waals surface area contributed by atoms with E-state index < -0.39 is 10.0 Å². The van der Waals surface area contributed by atoms with Crippen molar-refractivity contribution in [3.63, 3.8) is 0 Å². The molecular weight excluding hydrogens is 314 g/mol. The van der Waals surface area contributed by atoms with Crippen molar-refractivity contribution in [2.75, 3.05) is 39.3 Å². The fourth-order valence-electron chi connectivity index (χ4n) is 2.61. The van der Waals surface area contributed by atoms with Crippen LogP contribution in [-0.2, 0) is 14.8 Å². The molecule has 1 N–H and O–H groups in total. The minimum atomic E-state index is -3.43. The van der Waals surface area contributed by atoms with Gasteiger partial charge < -0.3 is 4.90 Å². The summed E-state index contributed by atoms with van der Waals surface area (Å²) in [5.41, 5.74) is 0. The number of piperazine rings is 1. The highest BCUT2D eigenvalue weighted by Crippen LogP contribution is 2.07. The summed E-state index contributed by atoms with van der Waals surface area (Å²) < 4.78 is 26.8. The molecule has 0 aliphatic carbocycles. The van der Waals surface area contributed by atoms with Gasteiger partial charge in [-0.1, -0.05) is 25.1 Å². The maximum atomic E-state index is 12.1. The summed E-state index contributed by atoms with van der Waals surface area (Å²) in [4.78, 5) is 16.2. The van der Waals surface area contributed by atoms with Crippen LogP contribution >= 0.6 is 0 Å². The summed E-state index contributed by atoms with van der Waals surface area (Å²) in [6.45, 7) is 6.08. The second-order valence-electron chi connectivity index (χ2n) is 5.68. The van der Waals surface area contributed by atoms with Crippen LogP contribution in [0.4, 0.5) is 0 Å². The Hall–Kier alpha value is -1.44. The standard InChI is InChI=1S/C16H25N3O3S/c1-2-6-16(20)19-13-11-18(12-14-19)10-9-17-23(21,22)15-7-4-3-5-8-15/h3-5,7-8,17H,2,6,9-14H2,1H3. The smallest absolute Gasteiger partial charge is 0.240 e. The number of carbonyl (C=O) groups is 1. The molecule has 0 bridgehead atoms. The number of hydrogen-bond donors (Lipinski definition) is 1. The molecule has 0 atom stereocenters. The lowest BCUT2D eigenvalue weighted by Crippen LogP contribution is -2.50. The number of rotatable bonds is 7. The first kappa shape index (κ1) is 17.9. The zero-order chi connectivity index (χ0) is 16.7. The van der Waals surface area contributed by atoms with Gasteiger partial charge in [-0.05, 0) is 18.6 Å². The van der Waals surface area contributed by atoms with E-state index in [1.165, 1.54) is 0 Å². The highest BCUT2D eigenvalue weighted by atomic mass is 32.2. The average Bonchev–Trinajstić information content (AvgIpc) is 2.56. The van der Waals surface area contributed by atoms with Crippen molar-refractivity contribution in [2.24, 2.45) is 0 Å². The van der Waals surface area contributed by atoms with E-state index in [0.29, 0.717) is 19.5 Å². The molecule has 1 aromatic carbocycles. The van der Waals surface area contributed by atoms with E-state index in [1.54, 1.807) is 30.3 Å². The summed E-state index contributed by atoms with van der Waals surface area (Å²) in [6.07, 6.45) is 1.48. The van der Waals surface area contributed by atoms with Crippen LogP contribution in [0.5, 0.6) is 0 Å². The highest BCUT2D eigenvalue weighted by molar-refractivity contribution is 7.89. The van der Waals surface area contributed by atoms with Gasteiger partial charge in [-0.3, -0.25) is 9.69 Å². The Morgan fingerprint density at radius 3 is 2.39 bits per heavy atom. The molecule has 0 saturated carbocycles. The quantitative estimate of drug-likeness (QED) is 0.802. The van der Waals surface area contributed by atoms with Gasteiger partial charge in [0.2, 0.25) is 15.9 Å². The molecule has 7 heteroatoms. The lowest BCUT2D eigenvalue weighted by Gasteiger charge is -2.34. The summed E-state index contributed by atoms with van der Waals surface area (Å²) >= 11 is 0. The second kappa shape index (κ2) is 8.42. The van der Waals surface area contributed by atoms with Gasteiger partial charge in [0, 0.05) is 45.7 Å². The molecule has 23 heavy (non-hydrogen) atoms. The van der Waals surface area contributed by atoms with Crippen molar-refractivity contribution < 1.29 is 13.2 Å². The lowest BCUT2D eigenvalue weighted by molar-refractivity contribution is -0.132. The van der Waals surface area contributed by atoms with Crippen LogP contribution in [0.2, 0.25) is 0 Å². The number of amides is 1. The van der Waals surface area contributed by atoms with Gasteiger partial charge in [-0.15, -0.1) is 0 Å². The van der Waals surface area contributed by atoms with E-state index in [2.05, 4.69) is 9.62 Å². The van der Waals surface area contributed by atoms with Gasteiger partial charge in [-0.2, -0.15) is 0 Å². The third kappa shape index (κ3) is 5.30. The summed E-state index contributed by atoms with van der Waals surface area (Å²) in [5.74, 6) is 0.219. The first-order chi connectivity index (χ1) is 11.0. The number of benzene rings is 1. The molecule has 1 saturated heterocycles. The Morgan fingerprint density at radius 1 is 1.13 bits per heavy atom. The molecule has 1 amide bonds. The first-order valence-electron chi connectivity index (χ1n) is 8.08. The lowest BCUT2D eigenvalue weighted by atomic mass is 10.2. The number of nitrogens with zero attached hydrogens (tertiary/aromatic N) is 2. The van der Waals surface area contributed by atoms with Gasteiger partial charge in [0.05, 0.1) is 4.90 Å². The highest BCUT2D eigenvalue weighted by Gasteiger charge is 2.20. The van der Waals surface area contributed by atoms with Crippen molar-refractivity contribution in [2.45, 2.75) is 24.7 Å². The average molecular weight is 339 g/mol. The van der Waals surface area contributed by atoms with Crippen LogP contribution < -0.4 is 4.72 Å². The molecule has 0 aromatic heterocycles. The maximum absolute atomic E-state index is 12.1. The first-order valence-corrected chi connectivity index (χ1v) is 9.56. The van der Waals surface area contributed by atoms with E-state index in [4.69, 9.17) is 0 Å². The zero-order valence-corrected chi connectivity index (χ0v) is 14.4. The SMILES string of the molecule is CCCC(=O)N1CCN(CCNS(=O)(=O)c2ccccc2)CC1. The number of carbonyl (C=O) groups excluding carboxylic acids is 1. The van der Waals surface area contributed by atoms with Crippen LogP contribution in [0, 0.1) is 0 Å². The molecule has 128 valence electrons. The summed E-state index contributed by atoms with van der Waals surface area (Å²) in [6, 6.07) is 8.38. The van der Waals surface area contributed by atoms with Crippen LogP contribution in [0.3, 0.4) is 0 Å². The Kier molecular flexibility index (Phi) is 6.56. The van der Waals surface area contributed by atoms with Crippen LogP contribution in [-0.4, -0.2) is 63.4 Å². The van der Waals surface area contributed by atoms with Crippen molar-refractivity contribution in [1.29, 1.82) is 0 Å². The second-order valence-corrected chi connectivity index (χ2v) is 7.45. The van der Waals surface area contributed by atoms with Crippen molar-refractivity contribution in [3.8, 4) is 0 Å². The van der Waals surface area contributed by atoms with Gasteiger partial charge in [0.25, 0.3) is 0 Å². The molecule has 1 heterocycles. The van der Waals surface area contributed by atoms with Crippen LogP contribution in [0.1, 0.15) is 19.8 Å². The molecule has 1 aliphatic heterocycles. The predicted octanol–water partition coefficient (Wildman–Crippen LogP) is 0.909. The van der Waals surface area contributed by atoms with Crippen LogP contribution in [0.25, 0.3) is 0 Å². The molecule has 0 radical (unpaired) electrons. The Labute approximate surface area is 138 Å². The monoisotopic (exact) mass is 339 g/mol. The van der Waals surface area contributed by atoms with Gasteiger partial charge in [0.15, 0.2) is 0 Å². The predicted molar refractivity (Wildman–Crippen MR) is 89.6 cm³/mol. The molecule has 1 aliphatic rings. The molecule has 1 fully saturated rings. The van der Waals surface area contributed by atoms with E-state index in [1.807, 2.05) is 11.8 Å². The topological polar surface area (TPSA) is 69.7 Å². The fourth-order valence-corrected chi connectivity index (χ4v) is 3.66. The van der Waals surface area contributed by atoms with Gasteiger partial charge in [-0.25, -0.2) is 13.1 Å². The zero-order valence-electron chi connectivity index (χ0n) is 13.6. The minimum absolute atomic E-state index is 0.219. The molecule has 0 spiro atoms. The van der Waals surface area contributed by atoms with E-state index in [0.717, 1.165) is 32.6 Å². The summed E-state index contributed by atoms with van der Waals surface area (Å²) in [7, 11) is -3.43. The van der Waals surface area contributed by atoms with Crippen molar-refractivity contribution in [3.05, 3.63) is 30.3 Å². The third-order valence-corrected chi connectivity index (χ3v) is 5.44. The van der Waals surface area contributed by atoms with Gasteiger partial charge >= 0.3 is 0 Å². The van der Waals surface area contributed by atoms with E-state index in [9.17, 15) is 13.2 Å². The van der Waals surface area contributed by atoms with Crippen LogP contribution in [0.15, 0.2) is 35.2 Å². The minimum Gasteiger partial charge on any atom is -0.340 e.